The fourth-order valence-electron chi connectivity index (χ4n) is 2.04. The summed E-state index contributed by atoms with van der Waals surface area (Å²) in [5.74, 6) is 0. The molecule has 20 heavy (non-hydrogen) atoms. The topological polar surface area (TPSA) is 37.8 Å². The number of hydrogen-bond donors (Lipinski definition) is 1. The second kappa shape index (κ2) is 5.77. The lowest BCUT2D eigenvalue weighted by molar-refractivity contribution is 1.14. The van der Waals surface area contributed by atoms with E-state index in [1.165, 1.54) is 0 Å². The van der Waals surface area contributed by atoms with Crippen molar-refractivity contribution < 1.29 is 0 Å². The Balaban J connectivity index is 1.92. The third-order valence-electron chi connectivity index (χ3n) is 3.04. The van der Waals surface area contributed by atoms with Gasteiger partial charge in [-0.3, -0.25) is 9.97 Å². The number of nitrogens with one attached hydrogen (secondary N) is 1. The maximum atomic E-state index is 6.11. The zero-order valence-electron chi connectivity index (χ0n) is 10.5. The Labute approximate surface area is 130 Å². The van der Waals surface area contributed by atoms with Crippen LogP contribution in [0.2, 0.25) is 5.02 Å². The predicted octanol–water partition coefficient (Wildman–Crippen LogP) is 4.66. The second-order valence-corrected chi connectivity index (χ2v) is 5.58. The summed E-state index contributed by atoms with van der Waals surface area (Å²) in [6.07, 6.45) is 5.19. The molecule has 0 saturated heterocycles. The Hall–Kier alpha value is -1.65. The molecule has 1 aromatic carbocycles. The summed E-state index contributed by atoms with van der Waals surface area (Å²) in [5.41, 5.74) is 2.92. The SMILES string of the molecule is Clc1ccncc1NCc1ccc(Br)c2cccnc12. The first-order valence-electron chi connectivity index (χ1n) is 6.11. The van der Waals surface area contributed by atoms with E-state index in [0.29, 0.717) is 11.6 Å². The average Bonchev–Trinajstić information content (AvgIpc) is 2.48. The molecule has 3 nitrogen and oxygen atoms in total. The third-order valence-corrected chi connectivity index (χ3v) is 4.06. The fourth-order valence-corrected chi connectivity index (χ4v) is 2.66. The summed E-state index contributed by atoms with van der Waals surface area (Å²) >= 11 is 9.66. The minimum absolute atomic E-state index is 0.645. The van der Waals surface area contributed by atoms with Gasteiger partial charge < -0.3 is 5.32 Å². The van der Waals surface area contributed by atoms with E-state index >= 15 is 0 Å². The number of aromatic nitrogens is 2. The van der Waals surface area contributed by atoms with Gasteiger partial charge in [-0.15, -0.1) is 0 Å². The molecule has 3 rings (SSSR count). The molecule has 1 N–H and O–H groups in total. The molecule has 0 unspecified atom stereocenters. The molecule has 2 aromatic heterocycles. The number of rotatable bonds is 3. The van der Waals surface area contributed by atoms with E-state index in [-0.39, 0.29) is 0 Å². The van der Waals surface area contributed by atoms with Gasteiger partial charge in [0.2, 0.25) is 0 Å². The van der Waals surface area contributed by atoms with Gasteiger partial charge in [-0.25, -0.2) is 0 Å². The predicted molar refractivity (Wildman–Crippen MR) is 86.0 cm³/mol. The van der Waals surface area contributed by atoms with Gasteiger partial charge in [-0.2, -0.15) is 0 Å². The average molecular weight is 349 g/mol. The van der Waals surface area contributed by atoms with Crippen molar-refractivity contribution in [2.75, 3.05) is 5.32 Å². The van der Waals surface area contributed by atoms with Gasteiger partial charge in [0.05, 0.1) is 22.4 Å². The Kier molecular flexibility index (Phi) is 3.85. The van der Waals surface area contributed by atoms with Crippen LogP contribution in [0.1, 0.15) is 5.56 Å². The summed E-state index contributed by atoms with van der Waals surface area (Å²) < 4.78 is 1.05. The van der Waals surface area contributed by atoms with Crippen molar-refractivity contribution in [2.24, 2.45) is 0 Å². The van der Waals surface area contributed by atoms with Gasteiger partial charge in [0, 0.05) is 28.8 Å². The minimum atomic E-state index is 0.645. The van der Waals surface area contributed by atoms with Crippen LogP contribution < -0.4 is 5.32 Å². The number of fused-ring (bicyclic) bond motifs is 1. The molecule has 2 heterocycles. The van der Waals surface area contributed by atoms with E-state index in [1.54, 1.807) is 24.7 Å². The fraction of sp³-hybridized carbons (Fsp3) is 0.0667. The summed E-state index contributed by atoms with van der Waals surface area (Å²) in [6, 6.07) is 9.83. The summed E-state index contributed by atoms with van der Waals surface area (Å²) in [6.45, 7) is 0.645. The van der Waals surface area contributed by atoms with Gasteiger partial charge in [0.25, 0.3) is 0 Å². The zero-order valence-corrected chi connectivity index (χ0v) is 12.8. The van der Waals surface area contributed by atoms with Crippen LogP contribution in [0.4, 0.5) is 5.69 Å². The minimum Gasteiger partial charge on any atom is -0.378 e. The number of anilines is 1. The molecule has 0 saturated carbocycles. The molecule has 0 amide bonds. The number of pyridine rings is 2. The summed E-state index contributed by atoms with van der Waals surface area (Å²) in [4.78, 5) is 8.52. The number of benzene rings is 1. The van der Waals surface area contributed by atoms with E-state index < -0.39 is 0 Å². The lowest BCUT2D eigenvalue weighted by atomic mass is 10.1. The van der Waals surface area contributed by atoms with Crippen molar-refractivity contribution in [3.05, 3.63) is 64.0 Å². The molecule has 0 fully saturated rings. The van der Waals surface area contributed by atoms with Crippen molar-refractivity contribution in [1.29, 1.82) is 0 Å². The highest BCUT2D eigenvalue weighted by molar-refractivity contribution is 9.10. The van der Waals surface area contributed by atoms with Crippen molar-refractivity contribution in [3.8, 4) is 0 Å². The van der Waals surface area contributed by atoms with Crippen LogP contribution in [0.15, 0.2) is 53.4 Å². The van der Waals surface area contributed by atoms with Crippen LogP contribution in [0.25, 0.3) is 10.9 Å². The molecule has 0 atom stereocenters. The Morgan fingerprint density at radius 1 is 1.15 bits per heavy atom. The van der Waals surface area contributed by atoms with Crippen LogP contribution >= 0.6 is 27.5 Å². The highest BCUT2D eigenvalue weighted by Gasteiger charge is 2.06. The van der Waals surface area contributed by atoms with Gasteiger partial charge >= 0.3 is 0 Å². The third kappa shape index (κ3) is 2.62. The zero-order chi connectivity index (χ0) is 13.9. The normalized spacial score (nSPS) is 10.7. The maximum absolute atomic E-state index is 6.11. The molecular formula is C15H11BrClN3. The first-order valence-corrected chi connectivity index (χ1v) is 7.28. The first-order chi connectivity index (χ1) is 9.75. The van der Waals surface area contributed by atoms with Gasteiger partial charge in [0.15, 0.2) is 0 Å². The molecule has 3 aromatic rings. The lowest BCUT2D eigenvalue weighted by Crippen LogP contribution is -2.02. The Morgan fingerprint density at radius 3 is 2.90 bits per heavy atom. The van der Waals surface area contributed by atoms with Crippen molar-refractivity contribution >= 4 is 44.1 Å². The number of halogens is 2. The van der Waals surface area contributed by atoms with Crippen LogP contribution in [0, 0.1) is 0 Å². The maximum Gasteiger partial charge on any atom is 0.0763 e. The van der Waals surface area contributed by atoms with E-state index in [4.69, 9.17) is 11.6 Å². The summed E-state index contributed by atoms with van der Waals surface area (Å²) in [5, 5.41) is 5.05. The standard InChI is InChI=1S/C15H11BrClN3/c16-12-4-3-10(15-11(12)2-1-6-19-15)8-20-14-9-18-7-5-13(14)17/h1-7,9,20H,8H2. The van der Waals surface area contributed by atoms with Crippen molar-refractivity contribution in [3.63, 3.8) is 0 Å². The smallest absolute Gasteiger partial charge is 0.0763 e. The second-order valence-electron chi connectivity index (χ2n) is 4.32. The highest BCUT2D eigenvalue weighted by atomic mass is 79.9. The molecule has 5 heteroatoms. The molecule has 0 aliphatic carbocycles. The van der Waals surface area contributed by atoms with E-state index in [2.05, 4.69) is 37.3 Å². The lowest BCUT2D eigenvalue weighted by Gasteiger charge is -2.10. The monoisotopic (exact) mass is 347 g/mol. The largest absolute Gasteiger partial charge is 0.378 e. The van der Waals surface area contributed by atoms with Crippen LogP contribution in [0.5, 0.6) is 0 Å². The molecule has 0 aliphatic rings. The molecule has 0 bridgehead atoms. The van der Waals surface area contributed by atoms with E-state index in [1.807, 2.05) is 18.2 Å². The summed E-state index contributed by atoms with van der Waals surface area (Å²) in [7, 11) is 0. The molecule has 0 spiro atoms. The van der Waals surface area contributed by atoms with Crippen molar-refractivity contribution in [2.45, 2.75) is 6.54 Å². The quantitative estimate of drug-likeness (QED) is 0.748. The van der Waals surface area contributed by atoms with Crippen molar-refractivity contribution in [1.82, 2.24) is 9.97 Å². The van der Waals surface area contributed by atoms with Gasteiger partial charge in [-0.1, -0.05) is 39.7 Å². The number of hydrogen-bond acceptors (Lipinski definition) is 3. The number of nitrogens with zero attached hydrogens (tertiary/aromatic N) is 2. The first kappa shape index (κ1) is 13.3. The molecular weight excluding hydrogens is 338 g/mol. The van der Waals surface area contributed by atoms with E-state index in [0.717, 1.165) is 26.6 Å². The van der Waals surface area contributed by atoms with Crippen LogP contribution in [-0.2, 0) is 6.54 Å². The van der Waals surface area contributed by atoms with Gasteiger partial charge in [0.1, 0.15) is 0 Å². The highest BCUT2D eigenvalue weighted by Crippen LogP contribution is 2.26. The van der Waals surface area contributed by atoms with Crippen LogP contribution in [-0.4, -0.2) is 9.97 Å². The van der Waals surface area contributed by atoms with Crippen LogP contribution in [0.3, 0.4) is 0 Å². The van der Waals surface area contributed by atoms with E-state index in [9.17, 15) is 0 Å². The molecule has 0 radical (unpaired) electrons. The Bertz CT molecular complexity index is 761. The molecule has 0 aliphatic heterocycles. The van der Waals surface area contributed by atoms with Gasteiger partial charge in [-0.05, 0) is 23.8 Å². The Morgan fingerprint density at radius 2 is 2.05 bits per heavy atom. The molecule has 100 valence electrons.